The highest BCUT2D eigenvalue weighted by molar-refractivity contribution is 5.90. The Labute approximate surface area is 119 Å². The number of benzene rings is 2. The van der Waals surface area contributed by atoms with Gasteiger partial charge in [-0.3, -0.25) is 0 Å². The van der Waals surface area contributed by atoms with Crippen LogP contribution in [0.5, 0.6) is 11.5 Å². The van der Waals surface area contributed by atoms with Crippen molar-refractivity contribution in [1.82, 2.24) is 0 Å². The average Bonchev–Trinajstić information content (AvgIpc) is 2.47. The van der Waals surface area contributed by atoms with Crippen LogP contribution in [-0.4, -0.2) is 24.3 Å². The van der Waals surface area contributed by atoms with Gasteiger partial charge in [0.05, 0.1) is 0 Å². The molecule has 2 rings (SSSR count). The van der Waals surface area contributed by atoms with Gasteiger partial charge in [0.15, 0.2) is 11.6 Å². The van der Waals surface area contributed by atoms with Gasteiger partial charge in [-0.2, -0.15) is 0 Å². The first-order chi connectivity index (χ1) is 10.1. The van der Waals surface area contributed by atoms with Gasteiger partial charge in [0.25, 0.3) is 0 Å². The van der Waals surface area contributed by atoms with Crippen molar-refractivity contribution in [2.75, 3.05) is 13.2 Å². The molecule has 0 amide bonds. The molecule has 6 heteroatoms. The molecule has 0 saturated carbocycles. The second kappa shape index (κ2) is 6.69. The highest BCUT2D eigenvalue weighted by Crippen LogP contribution is 2.18. The van der Waals surface area contributed by atoms with Crippen LogP contribution in [0.4, 0.5) is 8.78 Å². The number of hydrogen-bond acceptors (Lipinski definition) is 3. The molecule has 0 fully saturated rings. The molecule has 2 aromatic carbocycles. The van der Waals surface area contributed by atoms with E-state index in [1.807, 2.05) is 0 Å². The highest BCUT2D eigenvalue weighted by atomic mass is 19.2. The molecule has 0 aromatic heterocycles. The molecular formula is C15H12F2O4. The Bertz CT molecular complexity index is 643. The highest BCUT2D eigenvalue weighted by Gasteiger charge is 2.10. The van der Waals surface area contributed by atoms with Crippen LogP contribution in [0.1, 0.15) is 10.4 Å². The van der Waals surface area contributed by atoms with E-state index in [0.29, 0.717) is 0 Å². The Morgan fingerprint density at radius 3 is 2.43 bits per heavy atom. The number of carbonyl (C=O) groups is 1. The van der Waals surface area contributed by atoms with E-state index < -0.39 is 17.6 Å². The number of aromatic carboxylic acids is 1. The molecule has 0 unspecified atom stereocenters. The van der Waals surface area contributed by atoms with Crippen LogP contribution in [0.3, 0.4) is 0 Å². The summed E-state index contributed by atoms with van der Waals surface area (Å²) < 4.78 is 36.1. The zero-order valence-electron chi connectivity index (χ0n) is 10.9. The largest absolute Gasteiger partial charge is 0.490 e. The summed E-state index contributed by atoms with van der Waals surface area (Å²) in [5, 5.41) is 8.97. The fourth-order valence-corrected chi connectivity index (χ4v) is 1.65. The summed E-state index contributed by atoms with van der Waals surface area (Å²) in [6.45, 7) is 0.141. The monoisotopic (exact) mass is 294 g/mol. The molecule has 21 heavy (non-hydrogen) atoms. The molecule has 4 nitrogen and oxygen atoms in total. The van der Waals surface area contributed by atoms with Gasteiger partial charge in [-0.25, -0.2) is 13.6 Å². The molecule has 0 bridgehead atoms. The molecule has 0 aliphatic heterocycles. The average molecular weight is 294 g/mol. The SMILES string of the molecule is O=C(O)c1ccccc1OCCOc1ccc(F)c(F)c1. The first kappa shape index (κ1) is 14.8. The van der Waals surface area contributed by atoms with E-state index in [0.717, 1.165) is 12.1 Å². The van der Waals surface area contributed by atoms with E-state index in [1.54, 1.807) is 12.1 Å². The Morgan fingerprint density at radius 1 is 1.00 bits per heavy atom. The molecule has 0 heterocycles. The lowest BCUT2D eigenvalue weighted by atomic mass is 10.2. The minimum Gasteiger partial charge on any atom is -0.490 e. The minimum atomic E-state index is -1.09. The minimum absolute atomic E-state index is 0.0466. The first-order valence-electron chi connectivity index (χ1n) is 6.11. The molecule has 2 aromatic rings. The maximum absolute atomic E-state index is 12.9. The smallest absolute Gasteiger partial charge is 0.339 e. The van der Waals surface area contributed by atoms with Crippen molar-refractivity contribution in [1.29, 1.82) is 0 Å². The number of halogens is 2. The lowest BCUT2D eigenvalue weighted by Crippen LogP contribution is -2.11. The topological polar surface area (TPSA) is 55.8 Å². The number of carboxylic acid groups (broad SMARTS) is 1. The van der Waals surface area contributed by atoms with Gasteiger partial charge in [-0.05, 0) is 24.3 Å². The molecule has 110 valence electrons. The lowest BCUT2D eigenvalue weighted by Gasteiger charge is -2.10. The Balaban J connectivity index is 1.87. The van der Waals surface area contributed by atoms with Gasteiger partial charge in [-0.1, -0.05) is 12.1 Å². The molecule has 0 spiro atoms. The van der Waals surface area contributed by atoms with E-state index in [-0.39, 0.29) is 30.3 Å². The summed E-state index contributed by atoms with van der Waals surface area (Å²) in [4.78, 5) is 11.0. The number of hydrogen-bond donors (Lipinski definition) is 1. The number of ether oxygens (including phenoxy) is 2. The fourth-order valence-electron chi connectivity index (χ4n) is 1.65. The van der Waals surface area contributed by atoms with E-state index in [4.69, 9.17) is 14.6 Å². The van der Waals surface area contributed by atoms with Crippen LogP contribution in [0.15, 0.2) is 42.5 Å². The summed E-state index contributed by atoms with van der Waals surface area (Å²) in [7, 11) is 0. The summed E-state index contributed by atoms with van der Waals surface area (Å²) in [6, 6.07) is 9.39. The molecular weight excluding hydrogens is 282 g/mol. The summed E-state index contributed by atoms with van der Waals surface area (Å²) >= 11 is 0. The number of rotatable bonds is 6. The third kappa shape index (κ3) is 3.92. The van der Waals surface area contributed by atoms with Gasteiger partial charge in [-0.15, -0.1) is 0 Å². The number of para-hydroxylation sites is 1. The van der Waals surface area contributed by atoms with Gasteiger partial charge < -0.3 is 14.6 Å². The van der Waals surface area contributed by atoms with Crippen molar-refractivity contribution < 1.29 is 28.2 Å². The second-order valence-electron chi connectivity index (χ2n) is 4.07. The summed E-state index contributed by atoms with van der Waals surface area (Å²) in [6.07, 6.45) is 0. The zero-order valence-corrected chi connectivity index (χ0v) is 10.9. The second-order valence-corrected chi connectivity index (χ2v) is 4.07. The van der Waals surface area contributed by atoms with Gasteiger partial charge >= 0.3 is 5.97 Å². The van der Waals surface area contributed by atoms with Gasteiger partial charge in [0.1, 0.15) is 30.3 Å². The van der Waals surface area contributed by atoms with E-state index in [1.165, 1.54) is 18.2 Å². The van der Waals surface area contributed by atoms with Crippen molar-refractivity contribution in [3.05, 3.63) is 59.7 Å². The molecule has 1 N–H and O–H groups in total. The van der Waals surface area contributed by atoms with E-state index in [2.05, 4.69) is 0 Å². The Morgan fingerprint density at radius 2 is 1.71 bits per heavy atom. The van der Waals surface area contributed by atoms with Gasteiger partial charge in [0.2, 0.25) is 0 Å². The van der Waals surface area contributed by atoms with Crippen molar-refractivity contribution in [2.24, 2.45) is 0 Å². The van der Waals surface area contributed by atoms with Crippen LogP contribution in [0.25, 0.3) is 0 Å². The van der Waals surface area contributed by atoms with E-state index >= 15 is 0 Å². The quantitative estimate of drug-likeness (QED) is 0.832. The summed E-state index contributed by atoms with van der Waals surface area (Å²) in [5.41, 5.74) is 0.0466. The Kier molecular flexibility index (Phi) is 4.71. The third-order valence-electron chi connectivity index (χ3n) is 2.62. The van der Waals surface area contributed by atoms with Crippen LogP contribution in [0, 0.1) is 11.6 Å². The standard InChI is InChI=1S/C15H12F2O4/c16-12-6-5-10(9-13(12)17)20-7-8-21-14-4-2-1-3-11(14)15(18)19/h1-6,9H,7-8H2,(H,18,19). The van der Waals surface area contributed by atoms with Crippen LogP contribution in [-0.2, 0) is 0 Å². The predicted molar refractivity (Wildman–Crippen MR) is 70.7 cm³/mol. The van der Waals surface area contributed by atoms with Crippen LogP contribution >= 0.6 is 0 Å². The molecule has 0 aliphatic rings. The van der Waals surface area contributed by atoms with Crippen molar-refractivity contribution in [3.63, 3.8) is 0 Å². The Hall–Kier alpha value is -2.63. The van der Waals surface area contributed by atoms with Crippen molar-refractivity contribution >= 4 is 5.97 Å². The maximum atomic E-state index is 12.9. The molecule has 0 aliphatic carbocycles. The summed E-state index contributed by atoms with van der Waals surface area (Å²) in [5.74, 6) is -2.64. The normalized spacial score (nSPS) is 10.2. The van der Waals surface area contributed by atoms with E-state index in [9.17, 15) is 13.6 Å². The molecule has 0 radical (unpaired) electrons. The van der Waals surface area contributed by atoms with Crippen molar-refractivity contribution in [3.8, 4) is 11.5 Å². The molecule has 0 saturated heterocycles. The van der Waals surface area contributed by atoms with Crippen molar-refractivity contribution in [2.45, 2.75) is 0 Å². The lowest BCUT2D eigenvalue weighted by molar-refractivity contribution is 0.0691. The van der Waals surface area contributed by atoms with Crippen LogP contribution < -0.4 is 9.47 Å². The fraction of sp³-hybridized carbons (Fsp3) is 0.133. The van der Waals surface area contributed by atoms with Crippen LogP contribution in [0.2, 0.25) is 0 Å². The predicted octanol–water partition coefficient (Wildman–Crippen LogP) is 3.12. The third-order valence-corrected chi connectivity index (χ3v) is 2.62. The first-order valence-corrected chi connectivity index (χ1v) is 6.11. The van der Waals surface area contributed by atoms with Gasteiger partial charge in [0, 0.05) is 6.07 Å². The maximum Gasteiger partial charge on any atom is 0.339 e. The molecule has 0 atom stereocenters. The zero-order chi connectivity index (χ0) is 15.2. The number of carboxylic acids is 1.